The summed E-state index contributed by atoms with van der Waals surface area (Å²) in [5.41, 5.74) is 5.69. The quantitative estimate of drug-likeness (QED) is 0.363. The minimum absolute atomic E-state index is 0.0169. The molecule has 2 heterocycles. The molecule has 0 atom stereocenters. The summed E-state index contributed by atoms with van der Waals surface area (Å²) in [6.07, 6.45) is 0.515. The van der Waals surface area contributed by atoms with E-state index in [2.05, 4.69) is 14.7 Å². The molecule has 1 aliphatic rings. The summed E-state index contributed by atoms with van der Waals surface area (Å²) >= 11 is 0. The lowest BCUT2D eigenvalue weighted by atomic mass is 10.0. The van der Waals surface area contributed by atoms with Crippen molar-refractivity contribution in [1.29, 1.82) is 0 Å². The molecule has 0 aliphatic heterocycles. The van der Waals surface area contributed by atoms with Gasteiger partial charge in [-0.25, -0.2) is 4.98 Å². The number of hydrogen-bond donors (Lipinski definition) is 1. The highest BCUT2D eigenvalue weighted by molar-refractivity contribution is 5.71. The second-order valence-corrected chi connectivity index (χ2v) is 7.21. The molecule has 0 unspecified atom stereocenters. The standard InChI is InChI=1S/C17H20F3NO.C6H5F3N2O/c1-3-7-12(11-13(8-4-2)17(18,19)20)16-21-14-9-5-6-10-15(14)22-16;7-6(8,9)12-5-3-1-2-4(10)11-5/h3,7-8,11H,4-6,9-10H2,1-2H3;1-3H,(H2,10,11)/b7-3-,12-11+,13-8-;. The molecule has 11 heteroatoms. The molecule has 3 rings (SSSR count). The molecule has 0 aromatic carbocycles. The molecule has 0 saturated heterocycles. The largest absolute Gasteiger partial charge is 0.574 e. The van der Waals surface area contributed by atoms with Crippen molar-refractivity contribution in [3.63, 3.8) is 0 Å². The fourth-order valence-corrected chi connectivity index (χ4v) is 3.09. The number of oxazole rings is 1. The maximum Gasteiger partial charge on any atom is 0.574 e. The molecule has 34 heavy (non-hydrogen) atoms. The van der Waals surface area contributed by atoms with Crippen LogP contribution in [0.5, 0.6) is 5.88 Å². The number of ether oxygens (including phenoxy) is 1. The fraction of sp³-hybridized carbons (Fsp3) is 0.391. The highest BCUT2D eigenvalue weighted by Gasteiger charge is 2.33. The van der Waals surface area contributed by atoms with Crippen molar-refractivity contribution < 1.29 is 35.5 Å². The molecule has 0 fully saturated rings. The van der Waals surface area contributed by atoms with Crippen LogP contribution in [0.2, 0.25) is 0 Å². The van der Waals surface area contributed by atoms with Crippen molar-refractivity contribution in [2.45, 2.75) is 58.5 Å². The molecule has 2 aromatic heterocycles. The molecule has 0 bridgehead atoms. The number of nitrogen functional groups attached to an aromatic ring is 1. The summed E-state index contributed by atoms with van der Waals surface area (Å²) in [7, 11) is 0. The molecule has 1 aliphatic carbocycles. The van der Waals surface area contributed by atoms with E-state index in [1.165, 1.54) is 18.2 Å². The summed E-state index contributed by atoms with van der Waals surface area (Å²) in [6.45, 7) is 3.44. The number of anilines is 1. The van der Waals surface area contributed by atoms with Crippen LogP contribution in [0.25, 0.3) is 5.57 Å². The summed E-state index contributed by atoms with van der Waals surface area (Å²) in [5.74, 6) is 0.514. The number of allylic oxidation sites excluding steroid dienone is 6. The van der Waals surface area contributed by atoms with Gasteiger partial charge in [0.25, 0.3) is 0 Å². The lowest BCUT2D eigenvalue weighted by Gasteiger charge is -2.08. The van der Waals surface area contributed by atoms with Crippen LogP contribution in [-0.2, 0) is 12.8 Å². The Labute approximate surface area is 193 Å². The molecule has 2 aromatic rings. The Morgan fingerprint density at radius 1 is 1.12 bits per heavy atom. The minimum Gasteiger partial charge on any atom is -0.441 e. The van der Waals surface area contributed by atoms with E-state index in [9.17, 15) is 26.3 Å². The summed E-state index contributed by atoms with van der Waals surface area (Å²) in [6, 6.07) is 3.76. The van der Waals surface area contributed by atoms with Gasteiger partial charge in [0.1, 0.15) is 11.6 Å². The van der Waals surface area contributed by atoms with Crippen LogP contribution < -0.4 is 10.5 Å². The highest BCUT2D eigenvalue weighted by Crippen LogP contribution is 2.32. The average molecular weight is 489 g/mol. The number of pyridine rings is 1. The first-order valence-corrected chi connectivity index (χ1v) is 10.5. The van der Waals surface area contributed by atoms with Crippen molar-refractivity contribution in [3.8, 4) is 5.88 Å². The third-order valence-corrected chi connectivity index (χ3v) is 4.47. The summed E-state index contributed by atoms with van der Waals surface area (Å²) < 4.78 is 83.1. The first-order valence-electron chi connectivity index (χ1n) is 10.5. The predicted octanol–water partition coefficient (Wildman–Crippen LogP) is 6.97. The van der Waals surface area contributed by atoms with Gasteiger partial charge in [0, 0.05) is 18.1 Å². The molecule has 0 radical (unpaired) electrons. The molecule has 186 valence electrons. The van der Waals surface area contributed by atoms with E-state index in [1.54, 1.807) is 26.0 Å². The normalized spacial score (nSPS) is 15.1. The maximum absolute atomic E-state index is 13.1. The molecular formula is C23H25F6N3O2. The number of aryl methyl sites for hydroxylation is 2. The van der Waals surface area contributed by atoms with E-state index >= 15 is 0 Å². The van der Waals surface area contributed by atoms with Crippen molar-refractivity contribution in [2.75, 3.05) is 5.73 Å². The second-order valence-electron chi connectivity index (χ2n) is 7.21. The van der Waals surface area contributed by atoms with Crippen LogP contribution in [-0.4, -0.2) is 22.5 Å². The van der Waals surface area contributed by atoms with Crippen LogP contribution in [0.4, 0.5) is 32.2 Å². The predicted molar refractivity (Wildman–Crippen MR) is 116 cm³/mol. The lowest BCUT2D eigenvalue weighted by molar-refractivity contribution is -0.276. The monoisotopic (exact) mass is 489 g/mol. The molecule has 0 saturated carbocycles. The SMILES string of the molecule is C\C=C/C(=C\C(=C\CC)C(F)(F)F)c1nc2c(o1)CCCC2.Nc1cccc(OC(F)(F)F)n1. The minimum atomic E-state index is -4.72. The number of hydrogen-bond acceptors (Lipinski definition) is 5. The third kappa shape index (κ3) is 8.60. The molecule has 5 nitrogen and oxygen atoms in total. The Kier molecular flexibility index (Phi) is 9.34. The molecule has 0 spiro atoms. The van der Waals surface area contributed by atoms with Gasteiger partial charge in [0.15, 0.2) is 0 Å². The van der Waals surface area contributed by atoms with Gasteiger partial charge in [0.05, 0.1) is 11.3 Å². The van der Waals surface area contributed by atoms with Crippen LogP contribution in [0.15, 0.2) is 52.5 Å². The Morgan fingerprint density at radius 3 is 2.38 bits per heavy atom. The third-order valence-electron chi connectivity index (χ3n) is 4.47. The Bertz CT molecular complexity index is 1010. The van der Waals surface area contributed by atoms with Gasteiger partial charge in [-0.3, -0.25) is 0 Å². The van der Waals surface area contributed by atoms with Crippen molar-refractivity contribution in [1.82, 2.24) is 9.97 Å². The maximum atomic E-state index is 13.1. The Balaban J connectivity index is 0.000000287. The first-order chi connectivity index (χ1) is 15.9. The zero-order chi connectivity index (χ0) is 25.4. The fourth-order valence-electron chi connectivity index (χ4n) is 3.09. The van der Waals surface area contributed by atoms with Crippen LogP contribution in [0.1, 0.15) is 50.5 Å². The molecule has 0 amide bonds. The van der Waals surface area contributed by atoms with Gasteiger partial charge in [-0.2, -0.15) is 18.2 Å². The van der Waals surface area contributed by atoms with Crippen molar-refractivity contribution >= 4 is 11.4 Å². The number of alkyl halides is 6. The zero-order valence-electron chi connectivity index (χ0n) is 18.6. The zero-order valence-corrected chi connectivity index (χ0v) is 18.6. The summed E-state index contributed by atoms with van der Waals surface area (Å²) in [4.78, 5) is 7.68. The molecular weight excluding hydrogens is 464 g/mol. The summed E-state index contributed by atoms with van der Waals surface area (Å²) in [5, 5.41) is 0. The van der Waals surface area contributed by atoms with Crippen LogP contribution >= 0.6 is 0 Å². The van der Waals surface area contributed by atoms with Gasteiger partial charge >= 0.3 is 12.5 Å². The Morgan fingerprint density at radius 2 is 1.82 bits per heavy atom. The average Bonchev–Trinajstić information content (AvgIpc) is 3.15. The smallest absolute Gasteiger partial charge is 0.441 e. The second kappa shape index (κ2) is 11.8. The molecule has 2 N–H and O–H groups in total. The Hall–Kier alpha value is -3.24. The van der Waals surface area contributed by atoms with Gasteiger partial charge in [-0.1, -0.05) is 31.2 Å². The van der Waals surface area contributed by atoms with E-state index < -0.39 is 24.0 Å². The number of fused-ring (bicyclic) bond motifs is 1. The lowest BCUT2D eigenvalue weighted by Crippen LogP contribution is -2.18. The van der Waals surface area contributed by atoms with E-state index in [0.29, 0.717) is 12.0 Å². The number of aromatic nitrogens is 2. The number of nitrogens with two attached hydrogens (primary N) is 1. The van der Waals surface area contributed by atoms with E-state index in [4.69, 9.17) is 10.2 Å². The van der Waals surface area contributed by atoms with E-state index in [0.717, 1.165) is 49.3 Å². The van der Waals surface area contributed by atoms with E-state index in [1.807, 2.05) is 0 Å². The van der Waals surface area contributed by atoms with Gasteiger partial charge in [-0.05, 0) is 44.7 Å². The number of halogens is 6. The van der Waals surface area contributed by atoms with Crippen molar-refractivity contribution in [2.24, 2.45) is 0 Å². The van der Waals surface area contributed by atoms with Crippen LogP contribution in [0.3, 0.4) is 0 Å². The van der Waals surface area contributed by atoms with Crippen molar-refractivity contribution in [3.05, 3.63) is 65.4 Å². The van der Waals surface area contributed by atoms with Gasteiger partial charge in [-0.15, -0.1) is 13.2 Å². The van der Waals surface area contributed by atoms with Crippen LogP contribution in [0, 0.1) is 0 Å². The first kappa shape index (κ1) is 27.0. The highest BCUT2D eigenvalue weighted by atomic mass is 19.4. The van der Waals surface area contributed by atoms with E-state index in [-0.39, 0.29) is 11.7 Å². The topological polar surface area (TPSA) is 74.2 Å². The van der Waals surface area contributed by atoms with Gasteiger partial charge < -0.3 is 14.9 Å². The number of nitrogens with zero attached hydrogens (tertiary/aromatic N) is 2. The number of rotatable bonds is 5. The van der Waals surface area contributed by atoms with Gasteiger partial charge in [0.2, 0.25) is 11.8 Å².